The SMILES string of the molecule is O=C(CCCc1ccccc1)OCC(F)(F)C(F)(F)C(F)(F)F. The molecule has 0 heterocycles. The molecular weight excluding hydrogens is 333 g/mol. The van der Waals surface area contributed by atoms with E-state index in [2.05, 4.69) is 4.74 Å². The molecule has 0 fully saturated rings. The molecule has 2 nitrogen and oxygen atoms in total. The number of aryl methyl sites for hydroxylation is 1. The van der Waals surface area contributed by atoms with Gasteiger partial charge in [0.1, 0.15) is 0 Å². The molecule has 0 bridgehead atoms. The summed E-state index contributed by atoms with van der Waals surface area (Å²) in [5, 5.41) is 0. The first kappa shape index (κ1) is 19.2. The Hall–Kier alpha value is -1.80. The first-order valence-corrected chi connectivity index (χ1v) is 6.49. The number of hydrogen-bond acceptors (Lipinski definition) is 2. The van der Waals surface area contributed by atoms with Crippen LogP contribution in [-0.2, 0) is 16.0 Å². The molecule has 1 aromatic rings. The van der Waals surface area contributed by atoms with Crippen LogP contribution in [0.5, 0.6) is 0 Å². The van der Waals surface area contributed by atoms with E-state index in [0.29, 0.717) is 6.42 Å². The van der Waals surface area contributed by atoms with Crippen LogP contribution < -0.4 is 0 Å². The molecule has 0 unspecified atom stereocenters. The molecule has 23 heavy (non-hydrogen) atoms. The lowest BCUT2D eigenvalue weighted by Gasteiger charge is -2.27. The summed E-state index contributed by atoms with van der Waals surface area (Å²) in [6.45, 7) is -2.33. The minimum atomic E-state index is -6.43. The van der Waals surface area contributed by atoms with Crippen LogP contribution in [0.25, 0.3) is 0 Å². The second kappa shape index (κ2) is 7.18. The summed E-state index contributed by atoms with van der Waals surface area (Å²) in [6.07, 6.45) is -6.21. The third-order valence-corrected chi connectivity index (χ3v) is 2.92. The van der Waals surface area contributed by atoms with Gasteiger partial charge in [-0.05, 0) is 18.4 Å². The van der Waals surface area contributed by atoms with Crippen molar-refractivity contribution in [3.8, 4) is 0 Å². The first-order valence-electron chi connectivity index (χ1n) is 6.49. The number of esters is 1. The number of alkyl halides is 7. The van der Waals surface area contributed by atoms with Crippen LogP contribution in [0.3, 0.4) is 0 Å². The summed E-state index contributed by atoms with van der Waals surface area (Å²) in [5.74, 6) is -13.1. The standard InChI is InChI=1S/C14H13F7O2/c15-12(16,13(17,18)14(19,20)21)9-23-11(22)8-4-7-10-5-2-1-3-6-10/h1-3,5-6H,4,7-9H2. The van der Waals surface area contributed by atoms with E-state index in [1.165, 1.54) is 0 Å². The Kier molecular flexibility index (Phi) is 6.01. The van der Waals surface area contributed by atoms with E-state index >= 15 is 0 Å². The van der Waals surface area contributed by atoms with Crippen molar-refractivity contribution in [2.75, 3.05) is 6.61 Å². The molecule has 0 amide bonds. The number of ether oxygens (including phenoxy) is 1. The fourth-order valence-electron chi connectivity index (χ4n) is 1.62. The first-order chi connectivity index (χ1) is 10.5. The maximum atomic E-state index is 12.9. The zero-order chi connectivity index (χ0) is 17.7. The largest absolute Gasteiger partial charge is 0.460 e. The highest BCUT2D eigenvalue weighted by Gasteiger charge is 2.73. The Balaban J connectivity index is 2.43. The van der Waals surface area contributed by atoms with Gasteiger partial charge in [-0.25, -0.2) is 0 Å². The van der Waals surface area contributed by atoms with Gasteiger partial charge in [-0.2, -0.15) is 30.7 Å². The Morgan fingerprint density at radius 2 is 1.52 bits per heavy atom. The molecule has 1 rings (SSSR count). The second-order valence-electron chi connectivity index (χ2n) is 4.78. The summed E-state index contributed by atoms with van der Waals surface area (Å²) in [4.78, 5) is 11.2. The molecule has 0 aliphatic rings. The number of benzene rings is 1. The average Bonchev–Trinajstić information content (AvgIpc) is 2.45. The van der Waals surface area contributed by atoms with E-state index in [4.69, 9.17) is 0 Å². The Bertz CT molecular complexity index is 512. The maximum absolute atomic E-state index is 12.9. The third kappa shape index (κ3) is 5.11. The number of halogens is 7. The molecule has 0 radical (unpaired) electrons. The monoisotopic (exact) mass is 346 g/mol. The van der Waals surface area contributed by atoms with E-state index < -0.39 is 30.6 Å². The lowest BCUT2D eigenvalue weighted by atomic mass is 10.1. The quantitative estimate of drug-likeness (QED) is 0.541. The summed E-state index contributed by atoms with van der Waals surface area (Å²) in [6, 6.07) is 8.76. The summed E-state index contributed by atoms with van der Waals surface area (Å²) in [5.41, 5.74) is 0.856. The topological polar surface area (TPSA) is 26.3 Å². The summed E-state index contributed by atoms with van der Waals surface area (Å²) in [7, 11) is 0. The van der Waals surface area contributed by atoms with Crippen LogP contribution in [0.2, 0.25) is 0 Å². The minimum Gasteiger partial charge on any atom is -0.459 e. The van der Waals surface area contributed by atoms with Crippen molar-refractivity contribution < 1.29 is 40.3 Å². The average molecular weight is 346 g/mol. The van der Waals surface area contributed by atoms with Crippen LogP contribution in [-0.4, -0.2) is 30.6 Å². The van der Waals surface area contributed by atoms with Gasteiger partial charge in [0.2, 0.25) is 0 Å². The Morgan fingerprint density at radius 3 is 2.04 bits per heavy atom. The molecular formula is C14H13F7O2. The van der Waals surface area contributed by atoms with Gasteiger partial charge in [-0.3, -0.25) is 4.79 Å². The maximum Gasteiger partial charge on any atom is 0.460 e. The minimum absolute atomic E-state index is 0.185. The molecule has 130 valence electrons. The normalized spacial score (nSPS) is 13.0. The lowest BCUT2D eigenvalue weighted by molar-refractivity contribution is -0.359. The van der Waals surface area contributed by atoms with Crippen molar-refractivity contribution in [2.24, 2.45) is 0 Å². The van der Waals surface area contributed by atoms with Crippen LogP contribution in [0.4, 0.5) is 30.7 Å². The Morgan fingerprint density at radius 1 is 0.957 bits per heavy atom. The molecule has 0 atom stereocenters. The molecule has 0 N–H and O–H groups in total. The van der Waals surface area contributed by atoms with Gasteiger partial charge < -0.3 is 4.74 Å². The predicted molar refractivity (Wildman–Crippen MR) is 66.3 cm³/mol. The molecule has 0 aliphatic carbocycles. The lowest BCUT2D eigenvalue weighted by Crippen LogP contribution is -2.54. The van der Waals surface area contributed by atoms with Crippen LogP contribution in [0.15, 0.2) is 30.3 Å². The highest BCUT2D eigenvalue weighted by molar-refractivity contribution is 5.69. The highest BCUT2D eigenvalue weighted by Crippen LogP contribution is 2.46. The van der Waals surface area contributed by atoms with Crippen LogP contribution in [0.1, 0.15) is 18.4 Å². The van der Waals surface area contributed by atoms with E-state index in [1.807, 2.05) is 0 Å². The number of carbonyl (C=O) groups excluding carboxylic acids is 1. The van der Waals surface area contributed by atoms with Gasteiger partial charge in [0.15, 0.2) is 6.61 Å². The van der Waals surface area contributed by atoms with Crippen molar-refractivity contribution in [3.05, 3.63) is 35.9 Å². The fourth-order valence-corrected chi connectivity index (χ4v) is 1.62. The zero-order valence-electron chi connectivity index (χ0n) is 11.7. The van der Waals surface area contributed by atoms with Crippen molar-refractivity contribution in [2.45, 2.75) is 37.3 Å². The van der Waals surface area contributed by atoms with Crippen LogP contribution in [0, 0.1) is 0 Å². The van der Waals surface area contributed by atoms with Gasteiger partial charge in [0.25, 0.3) is 0 Å². The predicted octanol–water partition coefficient (Wildman–Crippen LogP) is 4.39. The Labute approximate surface area is 127 Å². The van der Waals surface area contributed by atoms with Gasteiger partial charge in [0, 0.05) is 6.42 Å². The van der Waals surface area contributed by atoms with Gasteiger partial charge >= 0.3 is 24.0 Å². The number of rotatable bonds is 7. The molecule has 0 saturated carbocycles. The molecule has 0 aromatic heterocycles. The van der Waals surface area contributed by atoms with Crippen molar-refractivity contribution in [1.82, 2.24) is 0 Å². The van der Waals surface area contributed by atoms with E-state index in [-0.39, 0.29) is 12.8 Å². The number of hydrogen-bond donors (Lipinski definition) is 0. The van der Waals surface area contributed by atoms with E-state index in [1.54, 1.807) is 30.3 Å². The van der Waals surface area contributed by atoms with E-state index in [9.17, 15) is 35.5 Å². The molecule has 1 aromatic carbocycles. The smallest absolute Gasteiger partial charge is 0.459 e. The van der Waals surface area contributed by atoms with E-state index in [0.717, 1.165) is 5.56 Å². The summed E-state index contributed by atoms with van der Waals surface area (Å²) < 4.78 is 90.4. The van der Waals surface area contributed by atoms with Crippen molar-refractivity contribution in [3.63, 3.8) is 0 Å². The fraction of sp³-hybridized carbons (Fsp3) is 0.500. The summed E-state index contributed by atoms with van der Waals surface area (Å²) >= 11 is 0. The molecule has 9 heteroatoms. The van der Waals surface area contributed by atoms with Crippen molar-refractivity contribution >= 4 is 5.97 Å². The zero-order valence-corrected chi connectivity index (χ0v) is 11.7. The molecule has 0 spiro atoms. The highest BCUT2D eigenvalue weighted by atomic mass is 19.4. The van der Waals surface area contributed by atoms with Gasteiger partial charge in [-0.1, -0.05) is 30.3 Å². The number of carbonyl (C=O) groups is 1. The molecule has 0 saturated heterocycles. The second-order valence-corrected chi connectivity index (χ2v) is 4.78. The van der Waals surface area contributed by atoms with Gasteiger partial charge in [-0.15, -0.1) is 0 Å². The third-order valence-electron chi connectivity index (χ3n) is 2.92. The molecule has 0 aliphatic heterocycles. The van der Waals surface area contributed by atoms with Crippen LogP contribution >= 0.6 is 0 Å². The van der Waals surface area contributed by atoms with Crippen molar-refractivity contribution in [1.29, 1.82) is 0 Å². The van der Waals surface area contributed by atoms with Gasteiger partial charge in [0.05, 0.1) is 0 Å².